The van der Waals surface area contributed by atoms with Gasteiger partial charge in [0, 0.05) is 17.1 Å². The van der Waals surface area contributed by atoms with Crippen LogP contribution in [0.4, 0.5) is 0 Å². The first-order valence-electron chi connectivity index (χ1n) is 6.36. The molecule has 2 aromatic rings. The van der Waals surface area contributed by atoms with Gasteiger partial charge in [0.2, 0.25) is 0 Å². The number of hydrogen-bond donors (Lipinski definition) is 1. The van der Waals surface area contributed by atoms with E-state index in [9.17, 15) is 0 Å². The molecule has 0 saturated heterocycles. The third-order valence-electron chi connectivity index (χ3n) is 3.70. The van der Waals surface area contributed by atoms with E-state index in [2.05, 4.69) is 24.0 Å². The third kappa shape index (κ3) is 2.13. The third-order valence-corrected chi connectivity index (χ3v) is 3.93. The number of hydrogen-bond acceptors (Lipinski definition) is 1. The second-order valence-corrected chi connectivity index (χ2v) is 5.30. The Bertz CT molecular complexity index is 636. The average Bonchev–Trinajstić information content (AvgIpc) is 2.76. The van der Waals surface area contributed by atoms with Gasteiger partial charge in [-0.3, -0.25) is 5.41 Å². The first-order chi connectivity index (χ1) is 9.16. The summed E-state index contributed by atoms with van der Waals surface area (Å²) in [5.41, 5.74) is 3.41. The van der Waals surface area contributed by atoms with Gasteiger partial charge in [-0.15, -0.1) is 0 Å². The van der Waals surface area contributed by atoms with E-state index in [4.69, 9.17) is 17.0 Å². The van der Waals surface area contributed by atoms with Crippen LogP contribution < -0.4 is 0 Å². The van der Waals surface area contributed by atoms with E-state index in [0.29, 0.717) is 5.84 Å². The number of nitrogens with zero attached hydrogens (tertiary/aromatic N) is 1. The molecule has 0 bridgehead atoms. The molecule has 1 unspecified atom stereocenters. The summed E-state index contributed by atoms with van der Waals surface area (Å²) in [6.07, 6.45) is 0. The zero-order valence-corrected chi connectivity index (χ0v) is 11.5. The lowest BCUT2D eigenvalue weighted by Crippen LogP contribution is -2.27. The van der Waals surface area contributed by atoms with Gasteiger partial charge >= 0.3 is 0 Å². The molecule has 0 spiro atoms. The molecule has 0 aliphatic carbocycles. The number of nitrogens with one attached hydrogen (secondary N) is 1. The second-order valence-electron chi connectivity index (χ2n) is 4.86. The molecular weight excluding hydrogens is 256 g/mol. The van der Waals surface area contributed by atoms with E-state index in [1.165, 1.54) is 5.56 Å². The zero-order chi connectivity index (χ0) is 13.4. The molecule has 1 aliphatic rings. The second kappa shape index (κ2) is 4.71. The van der Waals surface area contributed by atoms with Crippen molar-refractivity contribution < 1.29 is 0 Å². The first-order valence-corrected chi connectivity index (χ1v) is 6.73. The molecule has 1 heterocycles. The molecule has 0 saturated carbocycles. The van der Waals surface area contributed by atoms with E-state index in [1.54, 1.807) is 0 Å². The van der Waals surface area contributed by atoms with Gasteiger partial charge < -0.3 is 4.90 Å². The Morgan fingerprint density at radius 1 is 1.16 bits per heavy atom. The molecule has 2 nitrogen and oxygen atoms in total. The SMILES string of the molecule is CC(c1cccc(Cl)c1)N1Cc2ccccc2C1=N. The van der Waals surface area contributed by atoms with Crippen molar-refractivity contribution in [3.8, 4) is 0 Å². The van der Waals surface area contributed by atoms with Gasteiger partial charge in [-0.1, -0.05) is 48.0 Å². The van der Waals surface area contributed by atoms with Gasteiger partial charge in [-0.05, 0) is 30.2 Å². The molecule has 19 heavy (non-hydrogen) atoms. The van der Waals surface area contributed by atoms with Crippen molar-refractivity contribution in [1.82, 2.24) is 4.90 Å². The first kappa shape index (κ1) is 12.2. The van der Waals surface area contributed by atoms with Gasteiger partial charge in [0.05, 0.1) is 6.04 Å². The van der Waals surface area contributed by atoms with Gasteiger partial charge in [-0.2, -0.15) is 0 Å². The fraction of sp³-hybridized carbons (Fsp3) is 0.188. The molecule has 2 aromatic carbocycles. The predicted octanol–water partition coefficient (Wildman–Crippen LogP) is 4.24. The number of amidine groups is 1. The lowest BCUT2D eigenvalue weighted by molar-refractivity contribution is 0.341. The molecule has 0 fully saturated rings. The topological polar surface area (TPSA) is 27.1 Å². The number of fused-ring (bicyclic) bond motifs is 1. The van der Waals surface area contributed by atoms with Crippen LogP contribution in [-0.2, 0) is 6.54 Å². The van der Waals surface area contributed by atoms with Crippen LogP contribution in [0.25, 0.3) is 0 Å². The lowest BCUT2D eigenvalue weighted by atomic mass is 10.1. The molecule has 1 atom stereocenters. The number of benzene rings is 2. The van der Waals surface area contributed by atoms with E-state index < -0.39 is 0 Å². The van der Waals surface area contributed by atoms with Crippen molar-refractivity contribution in [2.75, 3.05) is 0 Å². The lowest BCUT2D eigenvalue weighted by Gasteiger charge is -2.26. The van der Waals surface area contributed by atoms with Crippen molar-refractivity contribution in [2.24, 2.45) is 0 Å². The summed E-state index contributed by atoms with van der Waals surface area (Å²) in [6.45, 7) is 2.91. The minimum absolute atomic E-state index is 0.151. The monoisotopic (exact) mass is 270 g/mol. The Balaban J connectivity index is 1.91. The Labute approximate surface area is 118 Å². The summed E-state index contributed by atoms with van der Waals surface area (Å²) in [5, 5.41) is 9.06. The molecule has 0 aromatic heterocycles. The van der Waals surface area contributed by atoms with Crippen LogP contribution in [0.5, 0.6) is 0 Å². The van der Waals surface area contributed by atoms with E-state index >= 15 is 0 Å². The Kier molecular flexibility index (Phi) is 3.03. The van der Waals surface area contributed by atoms with Crippen LogP contribution >= 0.6 is 11.6 Å². The van der Waals surface area contributed by atoms with Crippen molar-refractivity contribution in [3.63, 3.8) is 0 Å². The van der Waals surface area contributed by atoms with Crippen molar-refractivity contribution >= 4 is 17.4 Å². The summed E-state index contributed by atoms with van der Waals surface area (Å²) >= 11 is 6.05. The van der Waals surface area contributed by atoms with Crippen LogP contribution in [0.3, 0.4) is 0 Å². The maximum Gasteiger partial charge on any atom is 0.129 e. The van der Waals surface area contributed by atoms with Gasteiger partial charge in [0.25, 0.3) is 0 Å². The molecule has 0 amide bonds. The van der Waals surface area contributed by atoms with Crippen molar-refractivity contribution in [3.05, 3.63) is 70.2 Å². The molecule has 3 heteroatoms. The smallest absolute Gasteiger partial charge is 0.129 e. The summed E-state index contributed by atoms with van der Waals surface area (Å²) in [7, 11) is 0. The Hall–Kier alpha value is -1.80. The van der Waals surface area contributed by atoms with E-state index in [1.807, 2.05) is 36.4 Å². The maximum atomic E-state index is 8.31. The largest absolute Gasteiger partial charge is 0.345 e. The van der Waals surface area contributed by atoms with Gasteiger partial charge in [-0.25, -0.2) is 0 Å². The zero-order valence-electron chi connectivity index (χ0n) is 10.7. The Morgan fingerprint density at radius 2 is 1.95 bits per heavy atom. The molecule has 3 rings (SSSR count). The molecule has 1 aliphatic heterocycles. The summed E-state index contributed by atoms with van der Waals surface area (Å²) in [4.78, 5) is 2.11. The molecular formula is C16H15ClN2. The Morgan fingerprint density at radius 3 is 2.68 bits per heavy atom. The van der Waals surface area contributed by atoms with Crippen LogP contribution in [-0.4, -0.2) is 10.7 Å². The summed E-state index contributed by atoms with van der Waals surface area (Å²) in [6, 6.07) is 16.1. The highest BCUT2D eigenvalue weighted by Crippen LogP contribution is 2.31. The quantitative estimate of drug-likeness (QED) is 0.868. The van der Waals surface area contributed by atoms with Crippen molar-refractivity contribution in [1.29, 1.82) is 5.41 Å². The van der Waals surface area contributed by atoms with Crippen LogP contribution in [0, 0.1) is 5.41 Å². The van der Waals surface area contributed by atoms with E-state index in [0.717, 1.165) is 22.7 Å². The van der Waals surface area contributed by atoms with Gasteiger partial charge in [0.1, 0.15) is 5.84 Å². The standard InChI is InChI=1S/C16H15ClN2/c1-11(12-6-4-7-14(17)9-12)19-10-13-5-2-3-8-15(13)16(19)18/h2-9,11,18H,10H2,1H3. The fourth-order valence-corrected chi connectivity index (χ4v) is 2.78. The fourth-order valence-electron chi connectivity index (χ4n) is 2.58. The summed E-state index contributed by atoms with van der Waals surface area (Å²) in [5.74, 6) is 0.600. The van der Waals surface area contributed by atoms with Crippen LogP contribution in [0.1, 0.15) is 29.7 Å². The minimum atomic E-state index is 0.151. The number of rotatable bonds is 2. The summed E-state index contributed by atoms with van der Waals surface area (Å²) < 4.78 is 0. The normalized spacial score (nSPS) is 15.5. The van der Waals surface area contributed by atoms with Crippen molar-refractivity contribution in [2.45, 2.75) is 19.5 Å². The van der Waals surface area contributed by atoms with Crippen LogP contribution in [0.15, 0.2) is 48.5 Å². The minimum Gasteiger partial charge on any atom is -0.345 e. The molecule has 96 valence electrons. The predicted molar refractivity (Wildman–Crippen MR) is 78.7 cm³/mol. The highest BCUT2D eigenvalue weighted by molar-refractivity contribution is 6.30. The highest BCUT2D eigenvalue weighted by Gasteiger charge is 2.28. The number of halogens is 1. The van der Waals surface area contributed by atoms with Gasteiger partial charge in [0.15, 0.2) is 0 Å². The van der Waals surface area contributed by atoms with E-state index in [-0.39, 0.29) is 6.04 Å². The molecule has 1 N–H and O–H groups in total. The van der Waals surface area contributed by atoms with Crippen LogP contribution in [0.2, 0.25) is 5.02 Å². The molecule has 0 radical (unpaired) electrons. The highest BCUT2D eigenvalue weighted by atomic mass is 35.5. The maximum absolute atomic E-state index is 8.31. The average molecular weight is 271 g/mol.